The summed E-state index contributed by atoms with van der Waals surface area (Å²) in [6.07, 6.45) is 9.78. The fourth-order valence-corrected chi connectivity index (χ4v) is 1.86. The number of nitrogens with zero attached hydrogens (tertiary/aromatic N) is 2. The summed E-state index contributed by atoms with van der Waals surface area (Å²) in [5.74, 6) is -0.686. The molecule has 2 aromatic rings. The van der Waals surface area contributed by atoms with E-state index in [0.717, 1.165) is 0 Å². The number of hydrogen-bond donors (Lipinski definition) is 1. The average molecular weight is 299 g/mol. The maximum absolute atomic E-state index is 11.8. The molecule has 1 amide bonds. The lowest BCUT2D eigenvalue weighted by Gasteiger charge is -2.04. The Kier molecular flexibility index (Phi) is 5.08. The molecule has 0 saturated heterocycles. The maximum Gasteiger partial charge on any atom is 0.341 e. The van der Waals surface area contributed by atoms with Gasteiger partial charge in [0.1, 0.15) is 5.56 Å². The second-order valence-electron chi connectivity index (χ2n) is 4.40. The molecule has 0 aromatic carbocycles. The first-order chi connectivity index (χ1) is 10.7. The zero-order valence-corrected chi connectivity index (χ0v) is 12.4. The summed E-state index contributed by atoms with van der Waals surface area (Å²) >= 11 is 0. The summed E-state index contributed by atoms with van der Waals surface area (Å²) in [5, 5.41) is 6.81. The molecule has 0 fully saturated rings. The number of hydrogen-bond acceptors (Lipinski definition) is 4. The third-order valence-corrected chi connectivity index (χ3v) is 2.84. The lowest BCUT2D eigenvalue weighted by Crippen LogP contribution is -2.08. The number of carbonyl (C=O) groups is 2. The Morgan fingerprint density at radius 1 is 1.41 bits per heavy atom. The predicted molar refractivity (Wildman–Crippen MR) is 83.7 cm³/mol. The monoisotopic (exact) mass is 299 g/mol. The molecule has 0 saturated carbocycles. The van der Waals surface area contributed by atoms with Gasteiger partial charge in [0.15, 0.2) is 0 Å². The molecule has 6 heteroatoms. The van der Waals surface area contributed by atoms with Crippen molar-refractivity contribution in [1.82, 2.24) is 9.61 Å². The van der Waals surface area contributed by atoms with Gasteiger partial charge in [-0.05, 0) is 26.0 Å². The van der Waals surface area contributed by atoms with Gasteiger partial charge >= 0.3 is 5.97 Å². The number of aromatic nitrogens is 2. The molecule has 1 N–H and O–H groups in total. The number of amides is 1. The van der Waals surface area contributed by atoms with Crippen LogP contribution in [0.2, 0.25) is 0 Å². The molecule has 0 aliphatic carbocycles. The number of anilines is 1. The highest BCUT2D eigenvalue weighted by atomic mass is 16.5. The Morgan fingerprint density at radius 2 is 2.23 bits per heavy atom. The molecule has 0 spiro atoms. The highest BCUT2D eigenvalue weighted by Gasteiger charge is 2.14. The van der Waals surface area contributed by atoms with E-state index in [4.69, 9.17) is 4.74 Å². The Hall–Kier alpha value is -2.89. The molecule has 6 nitrogen and oxygen atoms in total. The lowest BCUT2D eigenvalue weighted by molar-refractivity contribution is -0.111. The molecule has 0 aliphatic rings. The largest absolute Gasteiger partial charge is 0.462 e. The van der Waals surface area contributed by atoms with E-state index in [-0.39, 0.29) is 5.91 Å². The van der Waals surface area contributed by atoms with E-state index < -0.39 is 5.97 Å². The first-order valence-electron chi connectivity index (χ1n) is 6.90. The van der Waals surface area contributed by atoms with Crippen molar-refractivity contribution in [3.63, 3.8) is 0 Å². The Labute approximate surface area is 128 Å². The van der Waals surface area contributed by atoms with Gasteiger partial charge in [-0.3, -0.25) is 4.79 Å². The first kappa shape index (κ1) is 15.5. The van der Waals surface area contributed by atoms with Gasteiger partial charge in [0.2, 0.25) is 5.91 Å². The average Bonchev–Trinajstić information content (AvgIpc) is 2.91. The van der Waals surface area contributed by atoms with Crippen LogP contribution in [0.15, 0.2) is 48.8 Å². The van der Waals surface area contributed by atoms with Crippen molar-refractivity contribution in [2.45, 2.75) is 13.8 Å². The molecule has 0 atom stereocenters. The highest BCUT2D eigenvalue weighted by Crippen LogP contribution is 2.17. The molecule has 0 unspecified atom stereocenters. The molecule has 0 aliphatic heterocycles. The van der Waals surface area contributed by atoms with Gasteiger partial charge in [-0.2, -0.15) is 5.10 Å². The minimum atomic E-state index is -0.436. The molecule has 2 aromatic heterocycles. The fraction of sp³-hybridized carbons (Fsp3) is 0.188. The zero-order valence-electron chi connectivity index (χ0n) is 12.4. The third-order valence-electron chi connectivity index (χ3n) is 2.84. The number of allylic oxidation sites excluding steroid dienone is 3. The minimum absolute atomic E-state index is 0.250. The number of pyridine rings is 1. The minimum Gasteiger partial charge on any atom is -0.462 e. The van der Waals surface area contributed by atoms with E-state index >= 15 is 0 Å². The molecule has 0 radical (unpaired) electrons. The summed E-state index contributed by atoms with van der Waals surface area (Å²) in [4.78, 5) is 23.6. The SMILES string of the molecule is C/C=C/C=C/C(=O)Nc1ccn2ncc(C(=O)OCC)c2c1. The Bertz CT molecular complexity index is 744. The summed E-state index contributed by atoms with van der Waals surface area (Å²) in [6, 6.07) is 3.39. The van der Waals surface area contributed by atoms with Crippen LogP contribution in [0.25, 0.3) is 5.52 Å². The smallest absolute Gasteiger partial charge is 0.341 e. The third kappa shape index (κ3) is 3.60. The lowest BCUT2D eigenvalue weighted by atomic mass is 10.2. The van der Waals surface area contributed by atoms with Crippen molar-refractivity contribution in [3.8, 4) is 0 Å². The van der Waals surface area contributed by atoms with Gasteiger partial charge in [0.25, 0.3) is 0 Å². The van der Waals surface area contributed by atoms with Crippen LogP contribution in [0.4, 0.5) is 5.69 Å². The van der Waals surface area contributed by atoms with Crippen LogP contribution in [0, 0.1) is 0 Å². The van der Waals surface area contributed by atoms with Crippen molar-refractivity contribution in [2.75, 3.05) is 11.9 Å². The maximum atomic E-state index is 11.8. The number of esters is 1. The van der Waals surface area contributed by atoms with Crippen LogP contribution in [0.3, 0.4) is 0 Å². The Balaban J connectivity index is 2.23. The van der Waals surface area contributed by atoms with E-state index in [2.05, 4.69) is 10.4 Å². The number of ether oxygens (including phenoxy) is 1. The topological polar surface area (TPSA) is 72.7 Å². The normalized spacial score (nSPS) is 11.4. The summed E-state index contributed by atoms with van der Waals surface area (Å²) < 4.78 is 6.54. The number of nitrogens with one attached hydrogen (secondary N) is 1. The fourth-order valence-electron chi connectivity index (χ4n) is 1.86. The summed E-state index contributed by atoms with van der Waals surface area (Å²) in [5.41, 5.74) is 1.52. The van der Waals surface area contributed by atoms with Crippen LogP contribution < -0.4 is 5.32 Å². The number of rotatable bonds is 5. The van der Waals surface area contributed by atoms with Crippen molar-refractivity contribution in [2.24, 2.45) is 0 Å². The molecule has 2 rings (SSSR count). The van der Waals surface area contributed by atoms with Crippen LogP contribution >= 0.6 is 0 Å². The van der Waals surface area contributed by atoms with Crippen LogP contribution in [0.1, 0.15) is 24.2 Å². The second kappa shape index (κ2) is 7.21. The number of carbonyl (C=O) groups excluding carboxylic acids is 2. The van der Waals surface area contributed by atoms with E-state index in [0.29, 0.717) is 23.4 Å². The van der Waals surface area contributed by atoms with Crippen LogP contribution in [0.5, 0.6) is 0 Å². The first-order valence-corrected chi connectivity index (χ1v) is 6.90. The van der Waals surface area contributed by atoms with Gasteiger partial charge in [-0.25, -0.2) is 9.31 Å². The van der Waals surface area contributed by atoms with Crippen LogP contribution in [-0.2, 0) is 9.53 Å². The molecular weight excluding hydrogens is 282 g/mol. The van der Waals surface area contributed by atoms with Gasteiger partial charge in [-0.15, -0.1) is 0 Å². The van der Waals surface area contributed by atoms with Crippen molar-refractivity contribution >= 4 is 23.1 Å². The molecule has 22 heavy (non-hydrogen) atoms. The standard InChI is InChI=1S/C16H17N3O3/c1-3-5-6-7-15(20)18-12-8-9-19-14(10-12)13(11-17-19)16(21)22-4-2/h3,5-11H,4H2,1-2H3,(H,18,20)/b5-3+,7-6+. The van der Waals surface area contributed by atoms with Gasteiger partial charge in [-0.1, -0.05) is 18.2 Å². The summed E-state index contributed by atoms with van der Waals surface area (Å²) in [6.45, 7) is 3.90. The molecule has 114 valence electrons. The highest BCUT2D eigenvalue weighted by molar-refractivity contribution is 6.01. The van der Waals surface area contributed by atoms with E-state index in [1.165, 1.54) is 12.3 Å². The van der Waals surface area contributed by atoms with Gasteiger partial charge in [0.05, 0.1) is 18.3 Å². The van der Waals surface area contributed by atoms with Gasteiger partial charge < -0.3 is 10.1 Å². The van der Waals surface area contributed by atoms with Crippen LogP contribution in [-0.4, -0.2) is 28.1 Å². The van der Waals surface area contributed by atoms with E-state index in [9.17, 15) is 9.59 Å². The molecule has 0 bridgehead atoms. The van der Waals surface area contributed by atoms with Crippen molar-refractivity contribution in [1.29, 1.82) is 0 Å². The van der Waals surface area contributed by atoms with E-state index in [1.54, 1.807) is 41.9 Å². The van der Waals surface area contributed by atoms with Crippen molar-refractivity contribution < 1.29 is 14.3 Å². The molecule has 2 heterocycles. The van der Waals surface area contributed by atoms with Gasteiger partial charge in [0, 0.05) is 18.0 Å². The quantitative estimate of drug-likeness (QED) is 0.523. The van der Waals surface area contributed by atoms with Crippen molar-refractivity contribution in [3.05, 3.63) is 54.4 Å². The zero-order chi connectivity index (χ0) is 15.9. The van der Waals surface area contributed by atoms with E-state index in [1.807, 2.05) is 13.0 Å². The number of fused-ring (bicyclic) bond motifs is 1. The predicted octanol–water partition coefficient (Wildman–Crippen LogP) is 2.58. The molecular formula is C16H17N3O3. The second-order valence-corrected chi connectivity index (χ2v) is 4.40. The summed E-state index contributed by atoms with van der Waals surface area (Å²) in [7, 11) is 0. The Morgan fingerprint density at radius 3 is 2.95 bits per heavy atom.